The topological polar surface area (TPSA) is 622 Å². The molecular weight excluding hydrogens is 1270 g/mol. The van der Waals surface area contributed by atoms with Gasteiger partial charge in [0, 0.05) is 38.1 Å². The van der Waals surface area contributed by atoms with Crippen molar-refractivity contribution in [2.24, 2.45) is 0 Å². The zero-order valence-electron chi connectivity index (χ0n) is 44.9. The second-order valence-electron chi connectivity index (χ2n) is 19.7. The van der Waals surface area contributed by atoms with Crippen molar-refractivity contribution < 1.29 is 108 Å². The smallest absolute Gasteiger partial charge is 0.394 e. The number of imidazole rings is 2. The Kier molecular flexibility index (Phi) is 19.1. The van der Waals surface area contributed by atoms with Crippen LogP contribution in [0.15, 0.2) is 56.4 Å². The van der Waals surface area contributed by atoms with E-state index in [1.54, 1.807) is 0 Å². The molecule has 17 N–H and O–H groups in total. The van der Waals surface area contributed by atoms with Gasteiger partial charge in [0.15, 0.2) is 22.3 Å². The molecule has 0 amide bonds. The van der Waals surface area contributed by atoms with E-state index in [0.717, 1.165) is 28.0 Å². The number of fused-ring (bicyclic) bond motifs is 2. The lowest BCUT2D eigenvalue weighted by Gasteiger charge is -2.25. The lowest BCUT2D eigenvalue weighted by atomic mass is 10.2. The highest BCUT2D eigenvalue weighted by molar-refractivity contribution is 7.48. The third-order valence-electron chi connectivity index (χ3n) is 13.7. The van der Waals surface area contributed by atoms with Crippen LogP contribution in [0, 0.1) is 0 Å². The van der Waals surface area contributed by atoms with Crippen molar-refractivity contribution in [2.75, 3.05) is 62.6 Å². The second-order valence-corrected chi connectivity index (χ2v) is 25.4. The number of aromatic amines is 2. The van der Waals surface area contributed by atoms with Gasteiger partial charge in [0.1, 0.15) is 91.5 Å². The van der Waals surface area contributed by atoms with Gasteiger partial charge in [-0.2, -0.15) is 19.9 Å². The van der Waals surface area contributed by atoms with Crippen LogP contribution in [0.1, 0.15) is 50.6 Å². The minimum atomic E-state index is -5.48. The molecular formula is C41H56N16O27P4. The third kappa shape index (κ3) is 15.0. The minimum Gasteiger partial charge on any atom is -0.394 e. The van der Waals surface area contributed by atoms with Crippen LogP contribution in [0.2, 0.25) is 0 Å². The van der Waals surface area contributed by atoms with Crippen molar-refractivity contribution >= 4 is 77.2 Å². The number of nitrogens with one attached hydrogen (secondary N) is 2. The van der Waals surface area contributed by atoms with E-state index >= 15 is 0 Å². The van der Waals surface area contributed by atoms with Crippen LogP contribution >= 0.6 is 31.3 Å². The number of hydrogen-bond acceptors (Lipinski definition) is 33. The first-order chi connectivity index (χ1) is 41.6. The van der Waals surface area contributed by atoms with Crippen LogP contribution in [0.4, 0.5) is 23.5 Å². The normalized spacial score (nSPS) is 28.9. The fraction of sp³-hybridized carbons (Fsp3) is 0.561. The van der Waals surface area contributed by atoms with Gasteiger partial charge in [0.05, 0.1) is 52.3 Å². The van der Waals surface area contributed by atoms with Gasteiger partial charge in [0.25, 0.3) is 11.1 Å². The Morgan fingerprint density at radius 1 is 0.534 bits per heavy atom. The zero-order chi connectivity index (χ0) is 63.2. The van der Waals surface area contributed by atoms with Crippen LogP contribution in [-0.2, 0) is 73.4 Å². The molecule has 6 aromatic heterocycles. The van der Waals surface area contributed by atoms with Crippen LogP contribution in [0.3, 0.4) is 0 Å². The average molecular weight is 1330 g/mol. The van der Waals surface area contributed by atoms with Crippen LogP contribution in [0.5, 0.6) is 0 Å². The van der Waals surface area contributed by atoms with Gasteiger partial charge in [-0.1, -0.05) is 0 Å². The molecule has 4 aliphatic heterocycles. The molecule has 0 aromatic carbocycles. The summed E-state index contributed by atoms with van der Waals surface area (Å²) in [4.78, 5) is 123. The average Bonchev–Trinajstić information content (AvgIpc) is 1.79. The van der Waals surface area contributed by atoms with E-state index in [0.29, 0.717) is 0 Å². The Morgan fingerprint density at radius 2 is 0.875 bits per heavy atom. The van der Waals surface area contributed by atoms with Crippen LogP contribution in [-0.4, -0.2) is 188 Å². The number of rotatable bonds is 26. The molecule has 4 saturated heterocycles. The Balaban J connectivity index is 0.848. The van der Waals surface area contributed by atoms with Gasteiger partial charge in [-0.05, 0) is 12.1 Å². The van der Waals surface area contributed by atoms with E-state index in [9.17, 15) is 72.3 Å². The van der Waals surface area contributed by atoms with Gasteiger partial charge in [0.2, 0.25) is 11.9 Å². The Bertz CT molecular complexity index is 3980. The molecule has 4 fully saturated rings. The van der Waals surface area contributed by atoms with Gasteiger partial charge in [-0.15, -0.1) is 0 Å². The largest absolute Gasteiger partial charge is 0.472 e. The van der Waals surface area contributed by atoms with E-state index in [1.165, 1.54) is 27.5 Å². The molecule has 0 bridgehead atoms. The summed E-state index contributed by atoms with van der Waals surface area (Å²) < 4.78 is 125. The molecule has 88 heavy (non-hydrogen) atoms. The zero-order valence-corrected chi connectivity index (χ0v) is 48.5. The van der Waals surface area contributed by atoms with Crippen molar-refractivity contribution in [1.29, 1.82) is 0 Å². The number of H-pyrrole nitrogens is 2. The summed E-state index contributed by atoms with van der Waals surface area (Å²) in [6.07, 6.45) is -16.3. The number of phosphoric ester groups is 4. The number of ether oxygens (including phenoxy) is 4. The predicted molar refractivity (Wildman–Crippen MR) is 288 cm³/mol. The number of anilines is 4. The maximum atomic E-state index is 14.1. The lowest BCUT2D eigenvalue weighted by molar-refractivity contribution is -0.0631. The fourth-order valence-electron chi connectivity index (χ4n) is 9.68. The van der Waals surface area contributed by atoms with Crippen molar-refractivity contribution in [1.82, 2.24) is 58.1 Å². The Hall–Kier alpha value is -6.18. The maximum absolute atomic E-state index is 14.1. The molecule has 10 heterocycles. The van der Waals surface area contributed by atoms with Gasteiger partial charge >= 0.3 is 42.7 Å². The fourth-order valence-corrected chi connectivity index (χ4v) is 13.5. The van der Waals surface area contributed by atoms with Crippen LogP contribution < -0.4 is 45.4 Å². The molecule has 0 saturated carbocycles. The van der Waals surface area contributed by atoms with Crippen molar-refractivity contribution in [3.8, 4) is 0 Å². The highest BCUT2D eigenvalue weighted by atomic mass is 31.2. The van der Waals surface area contributed by atoms with E-state index in [4.69, 9.17) is 78.1 Å². The SMILES string of the molecule is Nc1ccn([C@H]2C[C@H](OP(=O)(O)OC[C@H]3O[C@@H](n4cnc5c(=O)[nH]c(N)nc54)C[C@@H]3OP(=O)(O)OC[C@H]3O[C@@H](n4ccc(N)nc4=O)C[C@@H]3OP(=O)(O)OC[C@H]3O[C@@H](n4cnc5c(=O)[nH]c(N)nc54)C[C@@H]3OP(=O)(O)OCC(O)CO)[C@@H](CO)O2)c(=O)n1. The minimum absolute atomic E-state index is 0.100. The molecule has 10 rings (SSSR count). The molecule has 17 atom stereocenters. The summed E-state index contributed by atoms with van der Waals surface area (Å²) in [5, 5.41) is 29.0. The molecule has 4 aliphatic rings. The second kappa shape index (κ2) is 26.0. The summed E-state index contributed by atoms with van der Waals surface area (Å²) in [7, 11) is -21.3. The van der Waals surface area contributed by atoms with Crippen molar-refractivity contribution in [2.45, 2.75) is 106 Å². The summed E-state index contributed by atoms with van der Waals surface area (Å²) in [5.74, 6) is -0.967. The molecule has 482 valence electrons. The van der Waals surface area contributed by atoms with E-state index in [2.05, 4.69) is 39.9 Å². The molecule has 0 spiro atoms. The molecule has 0 aliphatic carbocycles. The molecule has 6 aromatic rings. The summed E-state index contributed by atoms with van der Waals surface area (Å²) in [6, 6.07) is 2.50. The third-order valence-corrected chi connectivity index (χ3v) is 17.7. The number of hydrogen-bond donors (Lipinski definition) is 13. The number of nitrogens with two attached hydrogens (primary N) is 4. The Morgan fingerprint density at radius 3 is 1.23 bits per heavy atom. The highest BCUT2D eigenvalue weighted by Crippen LogP contribution is 2.55. The van der Waals surface area contributed by atoms with Gasteiger partial charge in [-0.3, -0.25) is 74.0 Å². The molecule has 0 radical (unpaired) electrons. The maximum Gasteiger partial charge on any atom is 0.472 e. The van der Waals surface area contributed by atoms with Crippen molar-refractivity contribution in [3.63, 3.8) is 0 Å². The standard InChI is InChI=1S/C41H56N16O27P4/c42-26-1-3-54(40(63)48-26)28-5-18(22(10-59)77-28)81-86(67,68)74-13-25-21(8-31(80-25)57-16-47-33-35(57)51-39(45)53-37(33)62)84-88(71,72)75-12-23-19(6-29(78-23)55-4-2-27(43)49-41(55)64)83-87(69,70)76-14-24-20(82-85(65,66)73-11-17(60)9-58)7-30(79-24)56-15-46-32-34(56)50-38(44)52-36(32)61/h1-4,15-25,28-31,58-60H,5-14H2,(H,65,66)(H,67,68)(H,69,70)(H,71,72)(H2,42,48,63)(H2,43,49,64)(H3,44,50,52,61)(H3,45,51,53,62)/t17?,18-,19-,20-,21-,22+,23+,24+,25+,28+,29+,30+,31+/m0/s1. The number of phosphoric acid groups is 4. The van der Waals surface area contributed by atoms with E-state index in [-0.39, 0.29) is 52.3 Å². The molecule has 43 nitrogen and oxygen atoms in total. The molecule has 5 unspecified atom stereocenters. The van der Waals surface area contributed by atoms with E-state index < -0.39 is 193 Å². The summed E-state index contributed by atoms with van der Waals surface area (Å²) in [6.45, 7) is -5.52. The first-order valence-corrected chi connectivity index (χ1v) is 31.8. The predicted octanol–water partition coefficient (Wildman–Crippen LogP) is -3.40. The summed E-state index contributed by atoms with van der Waals surface area (Å²) >= 11 is 0. The highest BCUT2D eigenvalue weighted by Gasteiger charge is 2.49. The number of nitrogens with zero attached hydrogens (tertiary/aromatic N) is 10. The summed E-state index contributed by atoms with van der Waals surface area (Å²) in [5.41, 5.74) is 18.8. The van der Waals surface area contributed by atoms with E-state index in [1.807, 2.05) is 0 Å². The number of aliphatic hydroxyl groups is 3. The Labute approximate surface area is 489 Å². The number of aromatic nitrogens is 12. The number of aliphatic hydroxyl groups excluding tert-OH is 3. The van der Waals surface area contributed by atoms with Crippen molar-refractivity contribution in [3.05, 3.63) is 78.9 Å². The first-order valence-electron chi connectivity index (χ1n) is 25.8. The van der Waals surface area contributed by atoms with Gasteiger partial charge in [-0.25, -0.2) is 37.8 Å². The quantitative estimate of drug-likeness (QED) is 0.0235. The van der Waals surface area contributed by atoms with Crippen LogP contribution in [0.25, 0.3) is 22.3 Å². The lowest BCUT2D eigenvalue weighted by Crippen LogP contribution is -2.32. The first kappa shape index (κ1) is 64.8. The monoisotopic (exact) mass is 1330 g/mol. The molecule has 47 heteroatoms. The number of nitrogen functional groups attached to an aromatic ring is 4. The van der Waals surface area contributed by atoms with Gasteiger partial charge < -0.3 is 76.8 Å².